The van der Waals surface area contributed by atoms with Gasteiger partial charge in [-0.05, 0) is 67.4 Å². The second kappa shape index (κ2) is 10.4. The van der Waals surface area contributed by atoms with Gasteiger partial charge in [-0.2, -0.15) is 0 Å². The highest BCUT2D eigenvalue weighted by Crippen LogP contribution is 2.30. The van der Waals surface area contributed by atoms with Crippen LogP contribution in [0.5, 0.6) is 11.5 Å². The maximum Gasteiger partial charge on any atom is 0.347 e. The molecule has 0 bridgehead atoms. The minimum Gasteiger partial charge on any atom is -0.494 e. The van der Waals surface area contributed by atoms with Crippen molar-refractivity contribution in [1.29, 1.82) is 0 Å². The standard InChI is InChI=1S/C32H29NO5/c1-32(2,31(35)36)38-29-11-6-10-28-27(29)16-18-33(28)17-7-19-37-26-15-14-23-20-25(13-12-24(23)21-26)30(34)22-8-4-3-5-9-22/h3-6,8-16,18,20-21H,7,17,19H2,1-2H3,(H,35,36). The summed E-state index contributed by atoms with van der Waals surface area (Å²) >= 11 is 0. The fourth-order valence-electron chi connectivity index (χ4n) is 4.43. The second-order valence-corrected chi connectivity index (χ2v) is 9.74. The summed E-state index contributed by atoms with van der Waals surface area (Å²) in [4.78, 5) is 24.2. The van der Waals surface area contributed by atoms with Crippen LogP contribution in [0.3, 0.4) is 0 Å². The van der Waals surface area contributed by atoms with Gasteiger partial charge in [-0.15, -0.1) is 0 Å². The van der Waals surface area contributed by atoms with Crippen LogP contribution in [0.15, 0.2) is 97.2 Å². The summed E-state index contributed by atoms with van der Waals surface area (Å²) in [5, 5.41) is 12.3. The number of hydrogen-bond acceptors (Lipinski definition) is 4. The van der Waals surface area contributed by atoms with Crippen LogP contribution in [-0.4, -0.2) is 33.6 Å². The van der Waals surface area contributed by atoms with Crippen LogP contribution in [0.4, 0.5) is 0 Å². The minimum atomic E-state index is -1.32. The van der Waals surface area contributed by atoms with Crippen molar-refractivity contribution in [3.63, 3.8) is 0 Å². The molecule has 0 fully saturated rings. The summed E-state index contributed by atoms with van der Waals surface area (Å²) in [5.41, 5.74) is 1.00. The summed E-state index contributed by atoms with van der Waals surface area (Å²) in [7, 11) is 0. The predicted octanol–water partition coefficient (Wildman–Crippen LogP) is 6.74. The van der Waals surface area contributed by atoms with Crippen LogP contribution in [0.25, 0.3) is 21.7 Å². The Morgan fingerprint density at radius 3 is 2.39 bits per heavy atom. The van der Waals surface area contributed by atoms with Gasteiger partial charge in [0.2, 0.25) is 0 Å². The number of carboxylic acids is 1. The Bertz CT molecular complexity index is 1620. The van der Waals surface area contributed by atoms with Gasteiger partial charge in [0, 0.05) is 29.3 Å². The highest BCUT2D eigenvalue weighted by molar-refractivity contribution is 6.10. The Morgan fingerprint density at radius 1 is 0.842 bits per heavy atom. The van der Waals surface area contributed by atoms with Crippen LogP contribution < -0.4 is 9.47 Å². The molecule has 192 valence electrons. The number of carboxylic acid groups (broad SMARTS) is 1. The van der Waals surface area contributed by atoms with Crippen molar-refractivity contribution in [3.8, 4) is 11.5 Å². The number of ketones is 1. The molecule has 0 saturated carbocycles. The van der Waals surface area contributed by atoms with E-state index in [-0.39, 0.29) is 5.78 Å². The normalized spacial score (nSPS) is 11.5. The average molecular weight is 508 g/mol. The number of carbonyl (C=O) groups is 2. The molecule has 1 aromatic heterocycles. The smallest absolute Gasteiger partial charge is 0.347 e. The van der Waals surface area contributed by atoms with E-state index in [1.54, 1.807) is 19.9 Å². The molecule has 0 unspecified atom stereocenters. The Hall–Kier alpha value is -4.58. The maximum atomic E-state index is 12.8. The number of aryl methyl sites for hydroxylation is 1. The van der Waals surface area contributed by atoms with E-state index in [1.165, 1.54) is 0 Å². The topological polar surface area (TPSA) is 77.8 Å². The van der Waals surface area contributed by atoms with E-state index in [2.05, 4.69) is 4.57 Å². The molecule has 6 heteroatoms. The lowest BCUT2D eigenvalue weighted by atomic mass is 10.00. The van der Waals surface area contributed by atoms with Crippen molar-refractivity contribution < 1.29 is 24.2 Å². The third-order valence-corrected chi connectivity index (χ3v) is 6.58. The third-order valence-electron chi connectivity index (χ3n) is 6.58. The monoisotopic (exact) mass is 507 g/mol. The lowest BCUT2D eigenvalue weighted by molar-refractivity contribution is -0.152. The number of ether oxygens (including phenoxy) is 2. The minimum absolute atomic E-state index is 0.00893. The summed E-state index contributed by atoms with van der Waals surface area (Å²) in [6.07, 6.45) is 2.77. The molecule has 0 amide bonds. The SMILES string of the molecule is CC(C)(Oc1cccc2c1ccn2CCCOc1ccc2cc(C(=O)c3ccccc3)ccc2c1)C(=O)O. The maximum absolute atomic E-state index is 12.8. The molecule has 0 atom stereocenters. The molecule has 1 N–H and O–H groups in total. The average Bonchev–Trinajstić information content (AvgIpc) is 3.34. The van der Waals surface area contributed by atoms with Crippen molar-refractivity contribution >= 4 is 33.4 Å². The third kappa shape index (κ3) is 5.25. The van der Waals surface area contributed by atoms with E-state index in [0.29, 0.717) is 23.5 Å². The Labute approximate surface area is 221 Å². The molecule has 5 aromatic rings. The zero-order valence-corrected chi connectivity index (χ0v) is 21.4. The number of aromatic nitrogens is 1. The van der Waals surface area contributed by atoms with Crippen LogP contribution in [0.1, 0.15) is 36.2 Å². The van der Waals surface area contributed by atoms with Crippen LogP contribution in [-0.2, 0) is 11.3 Å². The van der Waals surface area contributed by atoms with Gasteiger partial charge in [-0.25, -0.2) is 4.79 Å². The molecule has 0 spiro atoms. The summed E-state index contributed by atoms with van der Waals surface area (Å²) in [5.74, 6) is 0.328. The first-order chi connectivity index (χ1) is 18.3. The number of benzene rings is 4. The lowest BCUT2D eigenvalue weighted by Gasteiger charge is -2.22. The van der Waals surface area contributed by atoms with Gasteiger partial charge in [-0.1, -0.05) is 54.6 Å². The largest absolute Gasteiger partial charge is 0.494 e. The summed E-state index contributed by atoms with van der Waals surface area (Å²) < 4.78 is 13.9. The predicted molar refractivity (Wildman–Crippen MR) is 148 cm³/mol. The number of fused-ring (bicyclic) bond motifs is 2. The van der Waals surface area contributed by atoms with Crippen molar-refractivity contribution in [1.82, 2.24) is 4.57 Å². The molecule has 0 aliphatic carbocycles. The van der Waals surface area contributed by atoms with Crippen molar-refractivity contribution in [3.05, 3.63) is 108 Å². The number of hydrogen-bond donors (Lipinski definition) is 1. The Morgan fingerprint density at radius 2 is 1.61 bits per heavy atom. The Kier molecular flexibility index (Phi) is 6.88. The zero-order valence-electron chi connectivity index (χ0n) is 21.4. The molecule has 0 aliphatic heterocycles. The van der Waals surface area contributed by atoms with Crippen molar-refractivity contribution in [2.24, 2.45) is 0 Å². The highest BCUT2D eigenvalue weighted by Gasteiger charge is 2.30. The first kappa shape index (κ1) is 25.1. The number of rotatable bonds is 10. The first-order valence-corrected chi connectivity index (χ1v) is 12.6. The van der Waals surface area contributed by atoms with Crippen molar-refractivity contribution in [2.75, 3.05) is 6.61 Å². The van der Waals surface area contributed by atoms with E-state index >= 15 is 0 Å². The fraction of sp³-hybridized carbons (Fsp3) is 0.188. The number of nitrogens with zero attached hydrogens (tertiary/aromatic N) is 1. The molecule has 4 aromatic carbocycles. The molecule has 0 saturated heterocycles. The first-order valence-electron chi connectivity index (χ1n) is 12.6. The van der Waals surface area contributed by atoms with Crippen LogP contribution >= 0.6 is 0 Å². The number of carbonyl (C=O) groups excluding carboxylic acids is 1. The van der Waals surface area contributed by atoms with E-state index in [4.69, 9.17) is 9.47 Å². The van der Waals surface area contributed by atoms with Gasteiger partial charge in [0.15, 0.2) is 11.4 Å². The van der Waals surface area contributed by atoms with Gasteiger partial charge in [0.25, 0.3) is 0 Å². The van der Waals surface area contributed by atoms with Gasteiger partial charge < -0.3 is 19.1 Å². The van der Waals surface area contributed by atoms with Gasteiger partial charge in [0.05, 0.1) is 12.1 Å². The molecule has 6 nitrogen and oxygen atoms in total. The molecule has 5 rings (SSSR count). The van der Waals surface area contributed by atoms with Gasteiger partial charge in [0.1, 0.15) is 11.5 Å². The molecular weight excluding hydrogens is 478 g/mol. The zero-order chi connectivity index (χ0) is 26.7. The van der Waals surface area contributed by atoms with Crippen molar-refractivity contribution in [2.45, 2.75) is 32.4 Å². The molecule has 0 radical (unpaired) electrons. The lowest BCUT2D eigenvalue weighted by Crippen LogP contribution is -2.37. The van der Waals surface area contributed by atoms with Gasteiger partial charge in [-0.3, -0.25) is 4.79 Å². The molecular formula is C32H29NO5. The summed E-state index contributed by atoms with van der Waals surface area (Å²) in [6, 6.07) is 28.5. The molecule has 38 heavy (non-hydrogen) atoms. The molecule has 0 aliphatic rings. The Balaban J connectivity index is 1.21. The van der Waals surface area contributed by atoms with E-state index in [1.807, 2.05) is 91.1 Å². The van der Waals surface area contributed by atoms with E-state index < -0.39 is 11.6 Å². The quantitative estimate of drug-likeness (QED) is 0.167. The van der Waals surface area contributed by atoms with Gasteiger partial charge >= 0.3 is 5.97 Å². The molecule has 1 heterocycles. The van der Waals surface area contributed by atoms with E-state index in [0.717, 1.165) is 40.4 Å². The highest BCUT2D eigenvalue weighted by atomic mass is 16.5. The number of aliphatic carboxylic acids is 1. The summed E-state index contributed by atoms with van der Waals surface area (Å²) in [6.45, 7) is 4.36. The van der Waals surface area contributed by atoms with Crippen LogP contribution in [0, 0.1) is 0 Å². The van der Waals surface area contributed by atoms with E-state index in [9.17, 15) is 14.7 Å². The van der Waals surface area contributed by atoms with Crippen LogP contribution in [0.2, 0.25) is 0 Å². The second-order valence-electron chi connectivity index (χ2n) is 9.74. The fourth-order valence-corrected chi connectivity index (χ4v) is 4.43.